The third-order valence-corrected chi connectivity index (χ3v) is 2.45. The van der Waals surface area contributed by atoms with E-state index in [1.807, 2.05) is 24.3 Å². The van der Waals surface area contributed by atoms with Crippen LogP contribution in [0.5, 0.6) is 0 Å². The van der Waals surface area contributed by atoms with E-state index in [1.165, 1.54) is 13.4 Å². The van der Waals surface area contributed by atoms with Crippen molar-refractivity contribution < 1.29 is 9.53 Å². The minimum absolute atomic E-state index is 0.326. The molecule has 0 saturated heterocycles. The number of benzene rings is 1. The fourth-order valence-corrected chi connectivity index (χ4v) is 1.56. The standard InChI is InChI=1S/C12H13N3O2/c1-8(12(16)17-2)15-11-9-5-3-4-6-10(9)13-7-14-11/h3-8H,1-2H3,(H,13,14,15). The molecule has 0 aliphatic carbocycles. The van der Waals surface area contributed by atoms with Gasteiger partial charge in [-0.25, -0.2) is 14.8 Å². The Morgan fingerprint density at radius 1 is 1.35 bits per heavy atom. The second kappa shape index (κ2) is 4.78. The van der Waals surface area contributed by atoms with Gasteiger partial charge in [-0.3, -0.25) is 0 Å². The maximum absolute atomic E-state index is 11.3. The average molecular weight is 231 g/mol. The number of carbonyl (C=O) groups is 1. The van der Waals surface area contributed by atoms with E-state index in [2.05, 4.69) is 20.0 Å². The highest BCUT2D eigenvalue weighted by Gasteiger charge is 2.14. The normalized spacial score (nSPS) is 12.1. The molecular weight excluding hydrogens is 218 g/mol. The molecule has 0 bridgehead atoms. The number of nitrogens with one attached hydrogen (secondary N) is 1. The first kappa shape index (κ1) is 11.3. The third kappa shape index (κ3) is 2.33. The number of carbonyl (C=O) groups excluding carboxylic acids is 1. The van der Waals surface area contributed by atoms with Crippen LogP contribution in [0.15, 0.2) is 30.6 Å². The number of nitrogens with zero attached hydrogens (tertiary/aromatic N) is 2. The number of para-hydroxylation sites is 1. The van der Waals surface area contributed by atoms with Crippen molar-refractivity contribution >= 4 is 22.7 Å². The van der Waals surface area contributed by atoms with Gasteiger partial charge < -0.3 is 10.1 Å². The maximum Gasteiger partial charge on any atom is 0.328 e. The first-order valence-corrected chi connectivity index (χ1v) is 5.26. The molecule has 2 rings (SSSR count). The van der Waals surface area contributed by atoms with Gasteiger partial charge in [-0.05, 0) is 19.1 Å². The van der Waals surface area contributed by atoms with Gasteiger partial charge in [0.1, 0.15) is 18.2 Å². The van der Waals surface area contributed by atoms with Crippen LogP contribution in [-0.4, -0.2) is 29.1 Å². The Balaban J connectivity index is 2.33. The number of hydrogen-bond donors (Lipinski definition) is 1. The molecule has 0 saturated carbocycles. The third-order valence-electron chi connectivity index (χ3n) is 2.45. The van der Waals surface area contributed by atoms with Crippen LogP contribution in [0.3, 0.4) is 0 Å². The van der Waals surface area contributed by atoms with E-state index in [9.17, 15) is 4.79 Å². The topological polar surface area (TPSA) is 64.1 Å². The molecule has 1 N–H and O–H groups in total. The summed E-state index contributed by atoms with van der Waals surface area (Å²) in [5, 5.41) is 3.89. The highest BCUT2D eigenvalue weighted by atomic mass is 16.5. The summed E-state index contributed by atoms with van der Waals surface area (Å²) in [6.45, 7) is 1.72. The lowest BCUT2D eigenvalue weighted by molar-refractivity contribution is -0.141. The molecule has 0 aliphatic rings. The zero-order valence-corrected chi connectivity index (χ0v) is 9.68. The lowest BCUT2D eigenvalue weighted by Gasteiger charge is -2.13. The fourth-order valence-electron chi connectivity index (χ4n) is 1.56. The van der Waals surface area contributed by atoms with Gasteiger partial charge >= 0.3 is 5.97 Å². The number of anilines is 1. The van der Waals surface area contributed by atoms with Crippen LogP contribution in [0.2, 0.25) is 0 Å². The molecule has 0 spiro atoms. The number of fused-ring (bicyclic) bond motifs is 1. The van der Waals surface area contributed by atoms with Gasteiger partial charge in [0, 0.05) is 5.39 Å². The monoisotopic (exact) mass is 231 g/mol. The molecular formula is C12H13N3O2. The van der Waals surface area contributed by atoms with Gasteiger partial charge in [0.2, 0.25) is 0 Å². The van der Waals surface area contributed by atoms with Crippen molar-refractivity contribution in [3.05, 3.63) is 30.6 Å². The Morgan fingerprint density at radius 3 is 2.88 bits per heavy atom. The molecule has 0 radical (unpaired) electrons. The van der Waals surface area contributed by atoms with Crippen molar-refractivity contribution in [3.8, 4) is 0 Å². The Hall–Kier alpha value is -2.17. The van der Waals surface area contributed by atoms with Crippen molar-refractivity contribution in [2.45, 2.75) is 13.0 Å². The summed E-state index contributed by atoms with van der Waals surface area (Å²) in [6.07, 6.45) is 1.47. The van der Waals surface area contributed by atoms with Gasteiger partial charge in [-0.1, -0.05) is 12.1 Å². The Kier molecular flexibility index (Phi) is 3.18. The summed E-state index contributed by atoms with van der Waals surface area (Å²) in [5.74, 6) is 0.307. The zero-order chi connectivity index (χ0) is 12.3. The van der Waals surface area contributed by atoms with Crippen molar-refractivity contribution in [2.75, 3.05) is 12.4 Å². The molecule has 0 amide bonds. The second-order valence-corrected chi connectivity index (χ2v) is 3.63. The molecule has 2 aromatic rings. The minimum Gasteiger partial charge on any atom is -0.467 e. The van der Waals surface area contributed by atoms with E-state index in [0.29, 0.717) is 5.82 Å². The summed E-state index contributed by atoms with van der Waals surface area (Å²) >= 11 is 0. The van der Waals surface area contributed by atoms with Crippen LogP contribution in [0.1, 0.15) is 6.92 Å². The van der Waals surface area contributed by atoms with Crippen molar-refractivity contribution in [3.63, 3.8) is 0 Å². The van der Waals surface area contributed by atoms with Gasteiger partial charge in [-0.15, -0.1) is 0 Å². The molecule has 1 aromatic heterocycles. The Labute approximate surface area is 98.8 Å². The number of ether oxygens (including phenoxy) is 1. The molecule has 0 aliphatic heterocycles. The molecule has 88 valence electrons. The van der Waals surface area contributed by atoms with E-state index in [-0.39, 0.29) is 5.97 Å². The summed E-state index contributed by atoms with van der Waals surface area (Å²) in [4.78, 5) is 19.6. The fraction of sp³-hybridized carbons (Fsp3) is 0.250. The van der Waals surface area contributed by atoms with Gasteiger partial charge in [-0.2, -0.15) is 0 Å². The zero-order valence-electron chi connectivity index (χ0n) is 9.68. The molecule has 17 heavy (non-hydrogen) atoms. The molecule has 1 aromatic carbocycles. The molecule has 1 heterocycles. The average Bonchev–Trinajstić information content (AvgIpc) is 2.38. The van der Waals surface area contributed by atoms with Crippen molar-refractivity contribution in [2.24, 2.45) is 0 Å². The molecule has 1 unspecified atom stereocenters. The van der Waals surface area contributed by atoms with Crippen LogP contribution in [0.25, 0.3) is 10.9 Å². The Bertz CT molecular complexity index is 537. The summed E-state index contributed by atoms with van der Waals surface area (Å²) < 4.78 is 4.65. The van der Waals surface area contributed by atoms with E-state index >= 15 is 0 Å². The highest BCUT2D eigenvalue weighted by molar-refractivity contribution is 5.90. The Morgan fingerprint density at radius 2 is 2.12 bits per heavy atom. The molecule has 1 atom stereocenters. The van der Waals surface area contributed by atoms with Crippen molar-refractivity contribution in [1.29, 1.82) is 0 Å². The smallest absolute Gasteiger partial charge is 0.328 e. The highest BCUT2D eigenvalue weighted by Crippen LogP contribution is 2.18. The van der Waals surface area contributed by atoms with Gasteiger partial charge in [0.15, 0.2) is 0 Å². The van der Waals surface area contributed by atoms with Crippen LogP contribution >= 0.6 is 0 Å². The van der Waals surface area contributed by atoms with Gasteiger partial charge in [0.25, 0.3) is 0 Å². The second-order valence-electron chi connectivity index (χ2n) is 3.63. The number of methoxy groups -OCH3 is 1. The quantitative estimate of drug-likeness (QED) is 0.813. The number of hydrogen-bond acceptors (Lipinski definition) is 5. The lowest BCUT2D eigenvalue weighted by atomic mass is 10.2. The largest absolute Gasteiger partial charge is 0.467 e. The van der Waals surface area contributed by atoms with Crippen LogP contribution in [-0.2, 0) is 9.53 Å². The number of esters is 1. The number of rotatable bonds is 3. The SMILES string of the molecule is COC(=O)C(C)Nc1ncnc2ccccc12. The summed E-state index contributed by atoms with van der Waals surface area (Å²) in [5.41, 5.74) is 0.835. The maximum atomic E-state index is 11.3. The first-order chi connectivity index (χ1) is 8.22. The van der Waals surface area contributed by atoms with Crippen LogP contribution in [0.4, 0.5) is 5.82 Å². The summed E-state index contributed by atoms with van der Waals surface area (Å²) in [6, 6.07) is 7.16. The van der Waals surface area contributed by atoms with Crippen LogP contribution < -0.4 is 5.32 Å². The van der Waals surface area contributed by atoms with Gasteiger partial charge in [0.05, 0.1) is 12.6 Å². The predicted molar refractivity (Wildman–Crippen MR) is 64.6 cm³/mol. The first-order valence-electron chi connectivity index (χ1n) is 5.26. The summed E-state index contributed by atoms with van der Waals surface area (Å²) in [7, 11) is 1.36. The van der Waals surface area contributed by atoms with Crippen molar-refractivity contribution in [1.82, 2.24) is 9.97 Å². The van der Waals surface area contributed by atoms with E-state index in [4.69, 9.17) is 0 Å². The lowest BCUT2D eigenvalue weighted by Crippen LogP contribution is -2.27. The molecule has 0 fully saturated rings. The molecule has 5 heteroatoms. The predicted octanol–water partition coefficient (Wildman–Crippen LogP) is 1.60. The molecule has 5 nitrogen and oxygen atoms in total. The van der Waals surface area contributed by atoms with Crippen LogP contribution in [0, 0.1) is 0 Å². The number of aromatic nitrogens is 2. The van der Waals surface area contributed by atoms with E-state index < -0.39 is 6.04 Å². The van der Waals surface area contributed by atoms with E-state index in [0.717, 1.165) is 10.9 Å². The minimum atomic E-state index is -0.446. The van der Waals surface area contributed by atoms with E-state index in [1.54, 1.807) is 6.92 Å².